The van der Waals surface area contributed by atoms with Gasteiger partial charge < -0.3 is 5.32 Å². The molecule has 1 aromatic heterocycles. The monoisotopic (exact) mass is 495 g/mol. The molecule has 1 saturated heterocycles. The molecule has 2 heterocycles. The average molecular weight is 495 g/mol. The van der Waals surface area contributed by atoms with Crippen molar-refractivity contribution in [3.8, 4) is 0 Å². The lowest BCUT2D eigenvalue weighted by Crippen LogP contribution is -2.59. The number of hydrogen-bond acceptors (Lipinski definition) is 5. The zero-order chi connectivity index (χ0) is 24.4. The Balaban J connectivity index is 1.69. The van der Waals surface area contributed by atoms with Gasteiger partial charge in [0.25, 0.3) is 11.7 Å². The molecule has 1 aliphatic rings. The highest BCUT2D eigenvalue weighted by molar-refractivity contribution is 7.16. The Morgan fingerprint density at radius 3 is 2.00 bits per heavy atom. The highest BCUT2D eigenvalue weighted by atomic mass is 32.1. The summed E-state index contributed by atoms with van der Waals surface area (Å²) in [6.45, 7) is -0.141. The highest BCUT2D eigenvalue weighted by Gasteiger charge is 2.50. The number of piperidine rings is 1. The number of amides is 1. The molecule has 178 valence electrons. The van der Waals surface area contributed by atoms with Crippen molar-refractivity contribution in [2.75, 3.05) is 13.1 Å². The van der Waals surface area contributed by atoms with Crippen LogP contribution in [-0.4, -0.2) is 49.1 Å². The first-order chi connectivity index (χ1) is 15.3. The van der Waals surface area contributed by atoms with Gasteiger partial charge in [0.15, 0.2) is 5.69 Å². The van der Waals surface area contributed by atoms with E-state index in [1.165, 1.54) is 12.1 Å². The van der Waals surface area contributed by atoms with E-state index in [0.717, 1.165) is 12.1 Å². The summed E-state index contributed by atoms with van der Waals surface area (Å²) in [7, 11) is 0. The van der Waals surface area contributed by atoms with Gasteiger partial charge in [0.1, 0.15) is 13.1 Å². The standard InChI is InChI=1S/C20H16F6N2O4S/c21-19(22,23)16(29)14-6-7-15(33-14)17(30)27-12-8-10-28(11-9-12,13-4-2-1-3-5-13)32-18(31)20(24,25)26/h1-7,12H,8-11H2/p+1. The smallest absolute Gasteiger partial charge is 0.348 e. The molecule has 0 radical (unpaired) electrons. The number of para-hydroxylation sites is 1. The fourth-order valence-electron chi connectivity index (χ4n) is 3.42. The van der Waals surface area contributed by atoms with E-state index in [2.05, 4.69) is 5.32 Å². The van der Waals surface area contributed by atoms with Gasteiger partial charge in [-0.05, 0) is 12.1 Å². The quantitative estimate of drug-likeness (QED) is 0.379. The Bertz CT molecular complexity index is 1030. The number of ketones is 1. The molecule has 1 fully saturated rings. The van der Waals surface area contributed by atoms with E-state index in [9.17, 15) is 40.7 Å². The summed E-state index contributed by atoms with van der Waals surface area (Å²) >= 11 is 0.393. The SMILES string of the molecule is O=C(NC1CC[N+](OC(=O)C(F)(F)F)(c2ccccc2)CC1)c1ccc(C(=O)C(F)(F)F)s1. The first-order valence-electron chi connectivity index (χ1n) is 9.57. The van der Waals surface area contributed by atoms with Crippen molar-refractivity contribution < 1.29 is 45.6 Å². The van der Waals surface area contributed by atoms with Gasteiger partial charge in [0.2, 0.25) is 0 Å². The minimum atomic E-state index is -5.18. The van der Waals surface area contributed by atoms with Gasteiger partial charge in [0.05, 0.1) is 9.75 Å². The second-order valence-electron chi connectivity index (χ2n) is 7.29. The Labute approximate surface area is 187 Å². The molecular formula is C20H17F6N2O4S+. The largest absolute Gasteiger partial charge is 0.497 e. The van der Waals surface area contributed by atoms with Gasteiger partial charge in [-0.15, -0.1) is 16.0 Å². The number of hydroxylamine groups is 2. The van der Waals surface area contributed by atoms with Crippen molar-refractivity contribution in [2.45, 2.75) is 31.2 Å². The van der Waals surface area contributed by atoms with Crippen LogP contribution in [0.15, 0.2) is 42.5 Å². The molecule has 0 saturated carbocycles. The second kappa shape index (κ2) is 9.14. The predicted molar refractivity (Wildman–Crippen MR) is 105 cm³/mol. The number of nitrogens with one attached hydrogen (secondary N) is 1. The van der Waals surface area contributed by atoms with E-state index in [0.29, 0.717) is 17.0 Å². The van der Waals surface area contributed by atoms with Crippen LogP contribution in [0.4, 0.5) is 32.0 Å². The van der Waals surface area contributed by atoms with Crippen molar-refractivity contribution in [1.29, 1.82) is 0 Å². The Morgan fingerprint density at radius 1 is 0.879 bits per heavy atom. The van der Waals surface area contributed by atoms with E-state index in [-0.39, 0.29) is 30.8 Å². The fourth-order valence-corrected chi connectivity index (χ4v) is 4.29. The number of thiophene rings is 1. The van der Waals surface area contributed by atoms with Crippen molar-refractivity contribution in [2.24, 2.45) is 0 Å². The maximum absolute atomic E-state index is 12.8. The van der Waals surface area contributed by atoms with Gasteiger partial charge in [-0.2, -0.15) is 26.3 Å². The minimum Gasteiger partial charge on any atom is -0.348 e. The lowest BCUT2D eigenvalue weighted by Gasteiger charge is -2.39. The van der Waals surface area contributed by atoms with Gasteiger partial charge in [-0.3, -0.25) is 14.4 Å². The van der Waals surface area contributed by atoms with Crippen LogP contribution in [0, 0.1) is 0 Å². The zero-order valence-electron chi connectivity index (χ0n) is 16.7. The molecule has 1 N–H and O–H groups in total. The summed E-state index contributed by atoms with van der Waals surface area (Å²) in [6, 6.07) is 9.34. The predicted octanol–water partition coefficient (Wildman–Crippen LogP) is 4.41. The number of nitrogens with zero attached hydrogens (tertiary/aromatic N) is 1. The number of Topliss-reactive ketones (excluding diaryl/α,β-unsaturated/α-hetero) is 1. The highest BCUT2D eigenvalue weighted by Crippen LogP contribution is 2.32. The molecule has 0 bridgehead atoms. The zero-order valence-corrected chi connectivity index (χ0v) is 17.5. The lowest BCUT2D eigenvalue weighted by molar-refractivity contribution is -0.237. The van der Waals surface area contributed by atoms with Crippen molar-refractivity contribution >= 4 is 34.7 Å². The normalized spacial score (nSPS) is 21.3. The van der Waals surface area contributed by atoms with E-state index >= 15 is 0 Å². The number of carbonyl (C=O) groups is 3. The summed E-state index contributed by atoms with van der Waals surface area (Å²) in [5.41, 5.74) is 0.327. The van der Waals surface area contributed by atoms with E-state index < -0.39 is 45.6 Å². The second-order valence-corrected chi connectivity index (χ2v) is 8.37. The first kappa shape index (κ1) is 24.7. The van der Waals surface area contributed by atoms with Gasteiger partial charge >= 0.3 is 18.3 Å². The number of halogens is 6. The van der Waals surface area contributed by atoms with Crippen molar-refractivity contribution in [3.63, 3.8) is 0 Å². The van der Waals surface area contributed by atoms with E-state index in [4.69, 9.17) is 4.84 Å². The van der Waals surface area contributed by atoms with Crippen molar-refractivity contribution in [1.82, 2.24) is 9.96 Å². The van der Waals surface area contributed by atoms with Gasteiger partial charge in [0, 0.05) is 31.0 Å². The number of alkyl halides is 6. The molecule has 1 aliphatic heterocycles. The van der Waals surface area contributed by atoms with Crippen LogP contribution in [0.25, 0.3) is 0 Å². The third-order valence-electron chi connectivity index (χ3n) is 5.04. The Morgan fingerprint density at radius 2 is 1.45 bits per heavy atom. The van der Waals surface area contributed by atoms with Crippen LogP contribution < -0.4 is 9.96 Å². The summed E-state index contributed by atoms with van der Waals surface area (Å²) in [6.07, 6.45) is -9.98. The number of benzene rings is 1. The molecule has 1 aromatic carbocycles. The number of hydrogen-bond donors (Lipinski definition) is 1. The van der Waals surface area contributed by atoms with Crippen molar-refractivity contribution in [3.05, 3.63) is 52.2 Å². The average Bonchev–Trinajstić information content (AvgIpc) is 3.24. The molecule has 1 amide bonds. The maximum atomic E-state index is 12.8. The number of carbonyl (C=O) groups excluding carboxylic acids is 3. The molecule has 6 nitrogen and oxygen atoms in total. The van der Waals surface area contributed by atoms with Gasteiger partial charge in [-0.1, -0.05) is 18.2 Å². The van der Waals surface area contributed by atoms with E-state index in [1.807, 2.05) is 0 Å². The molecule has 0 unspecified atom stereocenters. The minimum absolute atomic E-state index is 0.0704. The van der Waals surface area contributed by atoms with Crippen LogP contribution >= 0.6 is 11.3 Å². The summed E-state index contributed by atoms with van der Waals surface area (Å²) in [5, 5.41) is 2.61. The third kappa shape index (κ3) is 5.71. The molecule has 0 atom stereocenters. The summed E-state index contributed by atoms with van der Waals surface area (Å²) in [4.78, 5) is 39.3. The summed E-state index contributed by atoms with van der Waals surface area (Å²) < 4.78 is 75.4. The van der Waals surface area contributed by atoms with Crippen LogP contribution in [0.3, 0.4) is 0 Å². The number of quaternary nitrogens is 1. The maximum Gasteiger partial charge on any atom is 0.497 e. The van der Waals surface area contributed by atoms with Crippen LogP contribution in [-0.2, 0) is 9.63 Å². The topological polar surface area (TPSA) is 72.5 Å². The Hall–Kier alpha value is -2.93. The van der Waals surface area contributed by atoms with Crippen LogP contribution in [0.5, 0.6) is 0 Å². The first-order valence-corrected chi connectivity index (χ1v) is 10.4. The van der Waals surface area contributed by atoms with E-state index in [1.54, 1.807) is 18.2 Å². The molecule has 0 aliphatic carbocycles. The molecule has 0 spiro atoms. The molecule has 33 heavy (non-hydrogen) atoms. The summed E-state index contributed by atoms with van der Waals surface area (Å²) in [5.74, 6) is -5.10. The van der Waals surface area contributed by atoms with Crippen LogP contribution in [0.2, 0.25) is 0 Å². The molecule has 3 rings (SSSR count). The Kier molecular flexibility index (Phi) is 6.84. The third-order valence-corrected chi connectivity index (χ3v) is 6.12. The number of rotatable bonds is 5. The van der Waals surface area contributed by atoms with Gasteiger partial charge in [-0.25, -0.2) is 4.79 Å². The van der Waals surface area contributed by atoms with Crippen LogP contribution in [0.1, 0.15) is 32.2 Å². The molecular weight excluding hydrogens is 478 g/mol. The lowest BCUT2D eigenvalue weighted by atomic mass is 10.0. The molecule has 13 heteroatoms. The molecule has 2 aromatic rings. The fraction of sp³-hybridized carbons (Fsp3) is 0.350.